The number of hydrogen-bond acceptors (Lipinski definition) is 5. The van der Waals surface area contributed by atoms with Crippen LogP contribution in [0.4, 0.5) is 5.13 Å². The normalized spacial score (nSPS) is 15.1. The second kappa shape index (κ2) is 6.76. The number of halogens is 1. The van der Waals surface area contributed by atoms with Crippen LogP contribution in [0.3, 0.4) is 0 Å². The van der Waals surface area contributed by atoms with Crippen LogP contribution >= 0.6 is 27.3 Å². The summed E-state index contributed by atoms with van der Waals surface area (Å²) in [6.07, 6.45) is 1.85. The van der Waals surface area contributed by atoms with Gasteiger partial charge in [-0.2, -0.15) is 5.10 Å². The van der Waals surface area contributed by atoms with Gasteiger partial charge in [0, 0.05) is 43.4 Å². The van der Waals surface area contributed by atoms with Gasteiger partial charge in [0.05, 0.1) is 10.2 Å². The van der Waals surface area contributed by atoms with Gasteiger partial charge in [-0.05, 0) is 31.2 Å². The maximum absolute atomic E-state index is 12.6. The van der Waals surface area contributed by atoms with E-state index in [2.05, 4.69) is 32.0 Å². The van der Waals surface area contributed by atoms with Crippen molar-refractivity contribution in [3.8, 4) is 0 Å². The summed E-state index contributed by atoms with van der Waals surface area (Å²) in [6.45, 7) is 5.75. The monoisotopic (exact) mass is 419 g/mol. The molecule has 0 radical (unpaired) electrons. The number of piperazine rings is 1. The van der Waals surface area contributed by atoms with E-state index in [1.807, 2.05) is 30.2 Å². The largest absolute Gasteiger partial charge is 0.345 e. The van der Waals surface area contributed by atoms with Crippen LogP contribution < -0.4 is 4.90 Å². The van der Waals surface area contributed by atoms with E-state index in [-0.39, 0.29) is 5.91 Å². The average molecular weight is 420 g/mol. The van der Waals surface area contributed by atoms with E-state index in [4.69, 9.17) is 4.98 Å². The molecule has 3 aromatic rings. The Morgan fingerprint density at radius 2 is 2.04 bits per heavy atom. The highest BCUT2D eigenvalue weighted by Gasteiger charge is 2.25. The summed E-state index contributed by atoms with van der Waals surface area (Å²) in [4.78, 5) is 21.4. The summed E-state index contributed by atoms with van der Waals surface area (Å²) in [5.74, 6) is 0.0140. The molecule has 0 unspecified atom stereocenters. The molecule has 0 bridgehead atoms. The van der Waals surface area contributed by atoms with E-state index in [1.54, 1.807) is 22.1 Å². The van der Waals surface area contributed by atoms with Crippen molar-refractivity contribution < 1.29 is 4.79 Å². The Labute approximate surface area is 158 Å². The lowest BCUT2D eigenvalue weighted by atomic mass is 10.3. The Kier molecular flexibility index (Phi) is 4.47. The van der Waals surface area contributed by atoms with Crippen LogP contribution in [0.15, 0.2) is 34.9 Å². The van der Waals surface area contributed by atoms with E-state index < -0.39 is 0 Å². The number of aryl methyl sites for hydroxylation is 1. The number of rotatable bonds is 3. The second-order valence-electron chi connectivity index (χ2n) is 5.94. The second-order valence-corrected chi connectivity index (χ2v) is 7.87. The number of carbonyl (C=O) groups is 1. The number of anilines is 1. The van der Waals surface area contributed by atoms with Gasteiger partial charge in [0.15, 0.2) is 5.13 Å². The molecule has 0 aliphatic carbocycles. The van der Waals surface area contributed by atoms with Gasteiger partial charge >= 0.3 is 0 Å². The molecule has 1 saturated heterocycles. The number of nitrogens with zero attached hydrogens (tertiary/aromatic N) is 5. The van der Waals surface area contributed by atoms with E-state index in [0.29, 0.717) is 18.8 Å². The maximum Gasteiger partial charge on any atom is 0.274 e. The number of aromatic nitrogens is 3. The summed E-state index contributed by atoms with van der Waals surface area (Å²) in [7, 11) is 0. The zero-order valence-electron chi connectivity index (χ0n) is 13.9. The third-order valence-corrected chi connectivity index (χ3v) is 5.93. The van der Waals surface area contributed by atoms with Gasteiger partial charge in [-0.25, -0.2) is 4.98 Å². The van der Waals surface area contributed by atoms with Crippen molar-refractivity contribution in [3.05, 3.63) is 40.6 Å². The summed E-state index contributed by atoms with van der Waals surface area (Å²) in [5.41, 5.74) is 1.55. The van der Waals surface area contributed by atoms with E-state index in [0.717, 1.165) is 34.8 Å². The Bertz CT molecular complexity index is 913. The number of hydrogen-bond donors (Lipinski definition) is 0. The molecule has 1 fully saturated rings. The Hall–Kier alpha value is -1.93. The number of amides is 1. The minimum atomic E-state index is 0.0140. The zero-order chi connectivity index (χ0) is 17.4. The minimum absolute atomic E-state index is 0.0140. The summed E-state index contributed by atoms with van der Waals surface area (Å²) < 4.78 is 4.02. The topological polar surface area (TPSA) is 54.3 Å². The first-order valence-corrected chi connectivity index (χ1v) is 9.89. The fourth-order valence-corrected chi connectivity index (χ4v) is 4.51. The van der Waals surface area contributed by atoms with Gasteiger partial charge in [-0.15, -0.1) is 0 Å². The molecule has 2 aromatic heterocycles. The van der Waals surface area contributed by atoms with Gasteiger partial charge < -0.3 is 9.80 Å². The van der Waals surface area contributed by atoms with Crippen LogP contribution in [0.25, 0.3) is 10.2 Å². The van der Waals surface area contributed by atoms with Crippen LogP contribution in [-0.4, -0.2) is 51.8 Å². The fraction of sp³-hybridized carbons (Fsp3) is 0.353. The molecule has 1 aliphatic rings. The molecule has 3 heterocycles. The zero-order valence-corrected chi connectivity index (χ0v) is 16.3. The molecule has 130 valence electrons. The molecule has 1 amide bonds. The van der Waals surface area contributed by atoms with Crippen LogP contribution in [0.2, 0.25) is 0 Å². The van der Waals surface area contributed by atoms with Crippen molar-refractivity contribution in [2.24, 2.45) is 0 Å². The van der Waals surface area contributed by atoms with Crippen molar-refractivity contribution in [1.82, 2.24) is 19.7 Å². The molecule has 0 spiro atoms. The predicted octanol–water partition coefficient (Wildman–Crippen LogP) is 3.24. The van der Waals surface area contributed by atoms with Crippen molar-refractivity contribution in [2.45, 2.75) is 13.5 Å². The van der Waals surface area contributed by atoms with Gasteiger partial charge in [-0.3, -0.25) is 9.48 Å². The smallest absolute Gasteiger partial charge is 0.274 e. The van der Waals surface area contributed by atoms with Gasteiger partial charge in [0.1, 0.15) is 5.69 Å². The standard InChI is InChI=1S/C17H18BrN5OS/c1-2-23-6-5-14(20-23)16(24)21-7-9-22(10-8-21)17-19-13-4-3-12(18)11-15(13)25-17/h3-6,11H,2,7-10H2,1H3. The third kappa shape index (κ3) is 3.28. The lowest BCUT2D eigenvalue weighted by Gasteiger charge is -2.34. The molecule has 25 heavy (non-hydrogen) atoms. The van der Waals surface area contributed by atoms with E-state index in [9.17, 15) is 4.79 Å². The molecule has 0 N–H and O–H groups in total. The third-order valence-electron chi connectivity index (χ3n) is 4.36. The molecule has 4 rings (SSSR count). The highest BCUT2D eigenvalue weighted by molar-refractivity contribution is 9.10. The van der Waals surface area contributed by atoms with Gasteiger partial charge in [0.2, 0.25) is 0 Å². The van der Waals surface area contributed by atoms with Crippen molar-refractivity contribution in [1.29, 1.82) is 0 Å². The van der Waals surface area contributed by atoms with Gasteiger partial charge in [0.25, 0.3) is 5.91 Å². The number of carbonyl (C=O) groups excluding carboxylic acids is 1. The fourth-order valence-electron chi connectivity index (χ4n) is 2.94. The highest BCUT2D eigenvalue weighted by atomic mass is 79.9. The van der Waals surface area contributed by atoms with Crippen LogP contribution in [0.5, 0.6) is 0 Å². The van der Waals surface area contributed by atoms with Crippen LogP contribution in [0, 0.1) is 0 Å². The molecule has 0 saturated carbocycles. The molecular formula is C17H18BrN5OS. The minimum Gasteiger partial charge on any atom is -0.345 e. The summed E-state index contributed by atoms with van der Waals surface area (Å²) in [6, 6.07) is 7.94. The van der Waals surface area contributed by atoms with E-state index in [1.165, 1.54) is 4.70 Å². The first-order chi connectivity index (χ1) is 12.1. The SMILES string of the molecule is CCn1ccc(C(=O)N2CCN(c3nc4ccc(Br)cc4s3)CC2)n1. The van der Waals surface area contributed by atoms with Crippen LogP contribution in [0.1, 0.15) is 17.4 Å². The van der Waals surface area contributed by atoms with Crippen molar-refractivity contribution in [3.63, 3.8) is 0 Å². The summed E-state index contributed by atoms with van der Waals surface area (Å²) in [5, 5.41) is 5.34. The molecule has 0 atom stereocenters. The van der Waals surface area contributed by atoms with Crippen LogP contribution in [-0.2, 0) is 6.54 Å². The number of fused-ring (bicyclic) bond motifs is 1. The predicted molar refractivity (Wildman–Crippen MR) is 103 cm³/mol. The lowest BCUT2D eigenvalue weighted by molar-refractivity contribution is 0.0740. The van der Waals surface area contributed by atoms with Crippen molar-refractivity contribution in [2.75, 3.05) is 31.1 Å². The molecule has 1 aliphatic heterocycles. The molecule has 6 nitrogen and oxygen atoms in total. The Morgan fingerprint density at radius 3 is 2.76 bits per heavy atom. The Morgan fingerprint density at radius 1 is 1.24 bits per heavy atom. The first-order valence-electron chi connectivity index (χ1n) is 8.28. The molecule has 1 aromatic carbocycles. The first kappa shape index (κ1) is 16.5. The maximum atomic E-state index is 12.6. The van der Waals surface area contributed by atoms with E-state index >= 15 is 0 Å². The Balaban J connectivity index is 1.44. The molecular weight excluding hydrogens is 402 g/mol. The average Bonchev–Trinajstić information content (AvgIpc) is 3.27. The lowest BCUT2D eigenvalue weighted by Crippen LogP contribution is -2.48. The summed E-state index contributed by atoms with van der Waals surface area (Å²) >= 11 is 5.20. The van der Waals surface area contributed by atoms with Crippen molar-refractivity contribution >= 4 is 48.5 Å². The number of benzene rings is 1. The van der Waals surface area contributed by atoms with Gasteiger partial charge in [-0.1, -0.05) is 27.3 Å². The molecule has 8 heteroatoms. The highest BCUT2D eigenvalue weighted by Crippen LogP contribution is 2.31. The quantitative estimate of drug-likeness (QED) is 0.653. The number of thiazole rings is 1.